The molecule has 0 aromatic carbocycles. The summed E-state index contributed by atoms with van der Waals surface area (Å²) in [5.74, 6) is -0.398. The Kier molecular flexibility index (Phi) is 4.04. The number of anilines is 1. The van der Waals surface area contributed by atoms with Gasteiger partial charge in [0.2, 0.25) is 0 Å². The van der Waals surface area contributed by atoms with Crippen molar-refractivity contribution in [1.82, 2.24) is 4.98 Å². The van der Waals surface area contributed by atoms with Gasteiger partial charge >= 0.3 is 5.97 Å². The molecule has 5 nitrogen and oxygen atoms in total. The number of hydrogen-bond donors (Lipinski definition) is 1. The van der Waals surface area contributed by atoms with E-state index in [0.29, 0.717) is 12.0 Å². The number of ether oxygens (including phenoxy) is 1. The minimum Gasteiger partial charge on any atom is -0.465 e. The van der Waals surface area contributed by atoms with E-state index < -0.39 is 5.97 Å². The maximum Gasteiger partial charge on any atom is 0.341 e. The lowest BCUT2D eigenvalue weighted by Crippen LogP contribution is -2.07. The van der Waals surface area contributed by atoms with Crippen molar-refractivity contribution in [2.75, 3.05) is 12.8 Å². The summed E-state index contributed by atoms with van der Waals surface area (Å²) in [6.45, 7) is 0. The smallest absolute Gasteiger partial charge is 0.341 e. The molecule has 0 saturated heterocycles. The lowest BCUT2D eigenvalue weighted by molar-refractivity contribution is 0.0601. The molecular weight excluding hydrogens is 206 g/mol. The summed E-state index contributed by atoms with van der Waals surface area (Å²) < 4.78 is 4.56. The first-order chi connectivity index (χ1) is 7.69. The minimum atomic E-state index is -0.527. The first-order valence-electron chi connectivity index (χ1n) is 4.56. The molecule has 0 aliphatic carbocycles. The van der Waals surface area contributed by atoms with Crippen LogP contribution in [0.25, 0.3) is 6.08 Å². The van der Waals surface area contributed by atoms with Crippen LogP contribution in [0.5, 0.6) is 0 Å². The zero-order valence-corrected chi connectivity index (χ0v) is 8.80. The zero-order chi connectivity index (χ0) is 12.0. The molecule has 1 heterocycles. The number of allylic oxidation sites excluding steroid dienone is 1. The highest BCUT2D eigenvalue weighted by atomic mass is 16.5. The Labute approximate surface area is 93.2 Å². The largest absolute Gasteiger partial charge is 0.465 e. The van der Waals surface area contributed by atoms with Gasteiger partial charge in [0.25, 0.3) is 0 Å². The normalized spacial score (nSPS) is 10.0. The van der Waals surface area contributed by atoms with Crippen molar-refractivity contribution in [2.45, 2.75) is 6.42 Å². The third kappa shape index (κ3) is 2.82. The highest BCUT2D eigenvalue weighted by molar-refractivity contribution is 5.94. The van der Waals surface area contributed by atoms with Gasteiger partial charge in [0.15, 0.2) is 0 Å². The summed E-state index contributed by atoms with van der Waals surface area (Å²) >= 11 is 0. The molecule has 0 amide bonds. The van der Waals surface area contributed by atoms with E-state index in [1.807, 2.05) is 6.07 Å². The number of esters is 1. The van der Waals surface area contributed by atoms with Crippen LogP contribution in [0.1, 0.15) is 22.3 Å². The first-order valence-corrected chi connectivity index (χ1v) is 4.56. The summed E-state index contributed by atoms with van der Waals surface area (Å²) in [7, 11) is 1.28. The van der Waals surface area contributed by atoms with E-state index in [-0.39, 0.29) is 11.4 Å². The van der Waals surface area contributed by atoms with Crippen LogP contribution in [0.2, 0.25) is 0 Å². The molecule has 0 spiro atoms. The summed E-state index contributed by atoms with van der Waals surface area (Å²) in [5.41, 5.74) is 6.46. The molecule has 1 rings (SSSR count). The predicted molar refractivity (Wildman–Crippen MR) is 59.3 cm³/mol. The molecular formula is C11H11N3O2. The third-order valence-corrected chi connectivity index (χ3v) is 1.86. The van der Waals surface area contributed by atoms with Gasteiger partial charge in [-0.2, -0.15) is 5.26 Å². The predicted octanol–water partition coefficient (Wildman–Crippen LogP) is 1.38. The standard InChI is InChI=1S/C11H11N3O2/c1-16-11(15)9-6-8(4-2-3-5-12)7-14-10(9)13/h2,4,6-7H,3H2,1H3,(H2,13,14). The molecule has 0 aliphatic heterocycles. The second-order valence-electron chi connectivity index (χ2n) is 2.96. The first kappa shape index (κ1) is 11.7. The summed E-state index contributed by atoms with van der Waals surface area (Å²) in [5, 5.41) is 8.36. The number of methoxy groups -OCH3 is 1. The Morgan fingerprint density at radius 1 is 1.75 bits per heavy atom. The topological polar surface area (TPSA) is 89.0 Å². The molecule has 1 aromatic heterocycles. The average molecular weight is 217 g/mol. The Bertz CT molecular complexity index is 461. The summed E-state index contributed by atoms with van der Waals surface area (Å²) in [4.78, 5) is 15.2. The molecule has 0 radical (unpaired) electrons. The molecule has 82 valence electrons. The average Bonchev–Trinajstić information content (AvgIpc) is 2.30. The number of nitrogen functional groups attached to an aromatic ring is 1. The van der Waals surface area contributed by atoms with E-state index in [0.717, 1.165) is 0 Å². The number of carbonyl (C=O) groups excluding carboxylic acids is 1. The SMILES string of the molecule is COC(=O)c1cc(C=CCC#N)cnc1N. The van der Waals surface area contributed by atoms with Crippen molar-refractivity contribution in [3.05, 3.63) is 29.5 Å². The molecule has 5 heteroatoms. The van der Waals surface area contributed by atoms with Crippen LogP contribution in [0.15, 0.2) is 18.3 Å². The number of nitrogens with two attached hydrogens (primary N) is 1. The van der Waals surface area contributed by atoms with E-state index in [1.54, 1.807) is 18.2 Å². The van der Waals surface area contributed by atoms with Gasteiger partial charge in [0.05, 0.1) is 19.6 Å². The minimum absolute atomic E-state index is 0.129. The highest BCUT2D eigenvalue weighted by Gasteiger charge is 2.10. The maximum absolute atomic E-state index is 11.3. The number of nitriles is 1. The van der Waals surface area contributed by atoms with Crippen molar-refractivity contribution in [1.29, 1.82) is 5.26 Å². The van der Waals surface area contributed by atoms with Gasteiger partial charge in [-0.15, -0.1) is 0 Å². The second-order valence-corrected chi connectivity index (χ2v) is 2.96. The number of aromatic nitrogens is 1. The van der Waals surface area contributed by atoms with Crippen LogP contribution in [-0.4, -0.2) is 18.1 Å². The fourth-order valence-electron chi connectivity index (χ4n) is 1.10. The zero-order valence-electron chi connectivity index (χ0n) is 8.80. The molecule has 0 bridgehead atoms. The highest BCUT2D eigenvalue weighted by Crippen LogP contribution is 2.13. The van der Waals surface area contributed by atoms with Gasteiger partial charge in [0.1, 0.15) is 11.4 Å². The maximum atomic E-state index is 11.3. The molecule has 2 N–H and O–H groups in total. The Morgan fingerprint density at radius 3 is 3.12 bits per heavy atom. The van der Waals surface area contributed by atoms with Crippen LogP contribution in [0.3, 0.4) is 0 Å². The van der Waals surface area contributed by atoms with Crippen LogP contribution in [0.4, 0.5) is 5.82 Å². The number of nitrogens with zero attached hydrogens (tertiary/aromatic N) is 2. The third-order valence-electron chi connectivity index (χ3n) is 1.86. The monoisotopic (exact) mass is 217 g/mol. The van der Waals surface area contributed by atoms with Crippen LogP contribution in [0, 0.1) is 11.3 Å². The van der Waals surface area contributed by atoms with Gasteiger partial charge in [-0.05, 0) is 11.6 Å². The van der Waals surface area contributed by atoms with Crippen molar-refractivity contribution in [3.63, 3.8) is 0 Å². The molecule has 0 atom stereocenters. The molecule has 0 aliphatic rings. The Hall–Kier alpha value is -2.35. The summed E-state index contributed by atoms with van der Waals surface area (Å²) in [6, 6.07) is 3.55. The number of rotatable bonds is 3. The van der Waals surface area contributed by atoms with E-state index in [2.05, 4.69) is 9.72 Å². The van der Waals surface area contributed by atoms with Crippen molar-refractivity contribution >= 4 is 17.9 Å². The summed E-state index contributed by atoms with van der Waals surface area (Å²) in [6.07, 6.45) is 5.20. The van der Waals surface area contributed by atoms with Gasteiger partial charge in [-0.1, -0.05) is 12.2 Å². The Balaban J connectivity index is 2.99. The lowest BCUT2D eigenvalue weighted by atomic mass is 10.1. The van der Waals surface area contributed by atoms with E-state index in [4.69, 9.17) is 11.0 Å². The molecule has 0 saturated carbocycles. The quantitative estimate of drug-likeness (QED) is 0.772. The number of hydrogen-bond acceptors (Lipinski definition) is 5. The van der Waals surface area contributed by atoms with Crippen molar-refractivity contribution < 1.29 is 9.53 Å². The molecule has 0 fully saturated rings. The van der Waals surface area contributed by atoms with E-state index >= 15 is 0 Å². The fourth-order valence-corrected chi connectivity index (χ4v) is 1.10. The second kappa shape index (κ2) is 5.51. The van der Waals surface area contributed by atoms with Crippen molar-refractivity contribution in [3.8, 4) is 6.07 Å². The van der Waals surface area contributed by atoms with Gasteiger partial charge < -0.3 is 10.5 Å². The number of pyridine rings is 1. The van der Waals surface area contributed by atoms with Crippen LogP contribution < -0.4 is 5.73 Å². The molecule has 1 aromatic rings. The van der Waals surface area contributed by atoms with E-state index in [9.17, 15) is 4.79 Å². The van der Waals surface area contributed by atoms with Gasteiger partial charge in [-0.3, -0.25) is 0 Å². The fraction of sp³-hybridized carbons (Fsp3) is 0.182. The molecule has 0 unspecified atom stereocenters. The Morgan fingerprint density at radius 2 is 2.50 bits per heavy atom. The van der Waals surface area contributed by atoms with Gasteiger partial charge in [-0.25, -0.2) is 9.78 Å². The molecule has 16 heavy (non-hydrogen) atoms. The van der Waals surface area contributed by atoms with Gasteiger partial charge in [0, 0.05) is 6.20 Å². The lowest BCUT2D eigenvalue weighted by Gasteiger charge is -2.03. The van der Waals surface area contributed by atoms with Crippen LogP contribution >= 0.6 is 0 Å². The van der Waals surface area contributed by atoms with Crippen LogP contribution in [-0.2, 0) is 4.74 Å². The van der Waals surface area contributed by atoms with E-state index in [1.165, 1.54) is 13.3 Å². The number of carbonyl (C=O) groups is 1. The van der Waals surface area contributed by atoms with Crippen molar-refractivity contribution in [2.24, 2.45) is 0 Å².